The molecule has 23 heavy (non-hydrogen) atoms. The number of aromatic amines is 1. The van der Waals surface area contributed by atoms with Crippen LogP contribution in [0.2, 0.25) is 0 Å². The molecule has 0 aromatic carbocycles. The number of aromatic nitrogens is 5. The predicted molar refractivity (Wildman–Crippen MR) is 86.5 cm³/mol. The molecule has 7 nitrogen and oxygen atoms in total. The van der Waals surface area contributed by atoms with Crippen molar-refractivity contribution in [1.82, 2.24) is 24.7 Å². The van der Waals surface area contributed by atoms with Crippen molar-refractivity contribution in [2.75, 3.05) is 5.32 Å². The Morgan fingerprint density at radius 2 is 2.17 bits per heavy atom. The van der Waals surface area contributed by atoms with Crippen molar-refractivity contribution in [1.29, 1.82) is 0 Å². The fraction of sp³-hybridized carbons (Fsp3) is 0.375. The highest BCUT2D eigenvalue weighted by molar-refractivity contribution is 6.08. The topological polar surface area (TPSA) is 88.5 Å². The van der Waals surface area contributed by atoms with Gasteiger partial charge in [-0.05, 0) is 38.7 Å². The van der Waals surface area contributed by atoms with Gasteiger partial charge in [-0.2, -0.15) is 5.10 Å². The second-order valence-electron chi connectivity index (χ2n) is 5.96. The van der Waals surface area contributed by atoms with Crippen LogP contribution < -0.4 is 5.32 Å². The zero-order valence-corrected chi connectivity index (χ0v) is 13.2. The first-order valence-corrected chi connectivity index (χ1v) is 7.81. The fourth-order valence-electron chi connectivity index (χ4n) is 3.17. The molecule has 0 unspecified atom stereocenters. The number of carbonyl (C=O) groups is 1. The van der Waals surface area contributed by atoms with E-state index in [9.17, 15) is 4.79 Å². The molecular weight excluding hydrogens is 292 g/mol. The Morgan fingerprint density at radius 3 is 3.04 bits per heavy atom. The van der Waals surface area contributed by atoms with Crippen molar-refractivity contribution in [3.8, 4) is 0 Å². The summed E-state index contributed by atoms with van der Waals surface area (Å²) < 4.78 is 1.93. The summed E-state index contributed by atoms with van der Waals surface area (Å²) in [6.07, 6.45) is 6.22. The van der Waals surface area contributed by atoms with Gasteiger partial charge in [-0.3, -0.25) is 9.48 Å². The highest BCUT2D eigenvalue weighted by Crippen LogP contribution is 2.26. The van der Waals surface area contributed by atoms with Gasteiger partial charge in [-0.1, -0.05) is 0 Å². The van der Waals surface area contributed by atoms with Crippen LogP contribution in [0.15, 0.2) is 12.5 Å². The van der Waals surface area contributed by atoms with Gasteiger partial charge in [0.1, 0.15) is 17.8 Å². The number of nitrogens with zero attached hydrogens (tertiary/aromatic N) is 4. The largest absolute Gasteiger partial charge is 0.343 e. The smallest absolute Gasteiger partial charge is 0.260 e. The van der Waals surface area contributed by atoms with Crippen LogP contribution in [0.1, 0.15) is 40.2 Å². The van der Waals surface area contributed by atoms with Crippen molar-refractivity contribution in [3.05, 3.63) is 35.0 Å². The van der Waals surface area contributed by atoms with Crippen LogP contribution in [-0.4, -0.2) is 30.6 Å². The highest BCUT2D eigenvalue weighted by Gasteiger charge is 2.21. The molecule has 7 heteroatoms. The maximum atomic E-state index is 12.7. The molecule has 0 atom stereocenters. The third kappa shape index (κ3) is 2.19. The number of hydrogen-bond donors (Lipinski definition) is 2. The lowest BCUT2D eigenvalue weighted by Gasteiger charge is -2.14. The standard InChI is InChI=1S/C16H18N6O/c1-9-10(2)20-14-13(9)15(18-8-17-14)21-16(23)11-7-19-22-6-4-3-5-12(11)22/h7-8H,3-6H2,1-2H3,(H2,17,18,20,21,23). The summed E-state index contributed by atoms with van der Waals surface area (Å²) in [5.74, 6) is 0.379. The van der Waals surface area contributed by atoms with Gasteiger partial charge in [0.05, 0.1) is 22.8 Å². The molecule has 0 saturated heterocycles. The van der Waals surface area contributed by atoms with Crippen LogP contribution >= 0.6 is 0 Å². The Balaban J connectivity index is 1.71. The number of rotatable bonds is 2. The van der Waals surface area contributed by atoms with Crippen molar-refractivity contribution < 1.29 is 4.79 Å². The average molecular weight is 310 g/mol. The normalized spacial score (nSPS) is 14.0. The molecule has 1 aliphatic rings. The van der Waals surface area contributed by atoms with Crippen LogP contribution in [0, 0.1) is 13.8 Å². The number of nitrogens with one attached hydrogen (secondary N) is 2. The molecule has 2 N–H and O–H groups in total. The van der Waals surface area contributed by atoms with Crippen LogP contribution in [-0.2, 0) is 13.0 Å². The molecule has 4 heterocycles. The van der Waals surface area contributed by atoms with E-state index < -0.39 is 0 Å². The number of aryl methyl sites for hydroxylation is 3. The van der Waals surface area contributed by atoms with E-state index in [-0.39, 0.29) is 5.91 Å². The van der Waals surface area contributed by atoms with Crippen LogP contribution in [0.25, 0.3) is 11.0 Å². The highest BCUT2D eigenvalue weighted by atomic mass is 16.1. The average Bonchev–Trinajstić information content (AvgIpc) is 3.10. The summed E-state index contributed by atoms with van der Waals surface area (Å²) in [6, 6.07) is 0. The van der Waals surface area contributed by atoms with E-state index in [0.717, 1.165) is 53.8 Å². The number of hydrogen-bond acceptors (Lipinski definition) is 4. The predicted octanol–water partition coefficient (Wildman–Crippen LogP) is 2.36. The van der Waals surface area contributed by atoms with E-state index in [1.807, 2.05) is 18.5 Å². The Kier molecular flexibility index (Phi) is 3.14. The molecule has 3 aromatic heterocycles. The zero-order chi connectivity index (χ0) is 16.0. The summed E-state index contributed by atoms with van der Waals surface area (Å²) in [6.45, 7) is 4.86. The molecular formula is C16H18N6O. The number of anilines is 1. The van der Waals surface area contributed by atoms with E-state index in [0.29, 0.717) is 11.4 Å². The second kappa shape index (κ2) is 5.19. The van der Waals surface area contributed by atoms with E-state index in [2.05, 4.69) is 25.4 Å². The van der Waals surface area contributed by atoms with E-state index in [1.54, 1.807) is 6.20 Å². The lowest BCUT2D eigenvalue weighted by Crippen LogP contribution is -2.18. The molecule has 1 aliphatic heterocycles. The third-order valence-electron chi connectivity index (χ3n) is 4.55. The number of carbonyl (C=O) groups excluding carboxylic acids is 1. The maximum absolute atomic E-state index is 12.7. The van der Waals surface area contributed by atoms with Crippen LogP contribution in [0.3, 0.4) is 0 Å². The first kappa shape index (κ1) is 13.9. The first-order chi connectivity index (χ1) is 11.1. The van der Waals surface area contributed by atoms with Gasteiger partial charge in [0.2, 0.25) is 0 Å². The molecule has 0 saturated carbocycles. The molecule has 4 rings (SSSR count). The van der Waals surface area contributed by atoms with Gasteiger partial charge in [0, 0.05) is 12.2 Å². The second-order valence-corrected chi connectivity index (χ2v) is 5.96. The fourth-order valence-corrected chi connectivity index (χ4v) is 3.17. The molecule has 0 bridgehead atoms. The Labute approximate surface area is 133 Å². The van der Waals surface area contributed by atoms with Gasteiger partial charge in [-0.15, -0.1) is 0 Å². The third-order valence-corrected chi connectivity index (χ3v) is 4.55. The van der Waals surface area contributed by atoms with Crippen molar-refractivity contribution >= 4 is 22.8 Å². The quantitative estimate of drug-likeness (QED) is 0.760. The molecule has 0 spiro atoms. The summed E-state index contributed by atoms with van der Waals surface area (Å²) in [7, 11) is 0. The molecule has 3 aromatic rings. The SMILES string of the molecule is Cc1[nH]c2ncnc(NC(=O)c3cnn4c3CCCC4)c2c1C. The Bertz CT molecular complexity index is 907. The molecule has 0 aliphatic carbocycles. The van der Waals surface area contributed by atoms with Crippen LogP contribution in [0.5, 0.6) is 0 Å². The Morgan fingerprint density at radius 1 is 1.30 bits per heavy atom. The number of H-pyrrole nitrogens is 1. The summed E-state index contributed by atoms with van der Waals surface area (Å²) >= 11 is 0. The molecule has 1 amide bonds. The van der Waals surface area contributed by atoms with Gasteiger partial charge < -0.3 is 10.3 Å². The van der Waals surface area contributed by atoms with E-state index in [4.69, 9.17) is 0 Å². The van der Waals surface area contributed by atoms with E-state index in [1.165, 1.54) is 6.33 Å². The van der Waals surface area contributed by atoms with Crippen molar-refractivity contribution in [2.24, 2.45) is 0 Å². The van der Waals surface area contributed by atoms with Crippen LogP contribution in [0.4, 0.5) is 5.82 Å². The monoisotopic (exact) mass is 310 g/mol. The van der Waals surface area contributed by atoms with Crippen molar-refractivity contribution in [2.45, 2.75) is 39.7 Å². The molecule has 118 valence electrons. The summed E-state index contributed by atoms with van der Waals surface area (Å²) in [4.78, 5) is 24.4. The Hall–Kier alpha value is -2.70. The summed E-state index contributed by atoms with van der Waals surface area (Å²) in [5.41, 5.74) is 4.47. The molecule has 0 fully saturated rings. The van der Waals surface area contributed by atoms with Gasteiger partial charge in [-0.25, -0.2) is 9.97 Å². The zero-order valence-electron chi connectivity index (χ0n) is 13.2. The van der Waals surface area contributed by atoms with Gasteiger partial charge >= 0.3 is 0 Å². The molecule has 0 radical (unpaired) electrons. The maximum Gasteiger partial charge on any atom is 0.260 e. The van der Waals surface area contributed by atoms with E-state index >= 15 is 0 Å². The number of amides is 1. The lowest BCUT2D eigenvalue weighted by atomic mass is 10.1. The summed E-state index contributed by atoms with van der Waals surface area (Å²) in [5, 5.41) is 8.11. The minimum Gasteiger partial charge on any atom is -0.343 e. The van der Waals surface area contributed by atoms with Gasteiger partial charge in [0.15, 0.2) is 0 Å². The first-order valence-electron chi connectivity index (χ1n) is 7.81. The minimum atomic E-state index is -0.161. The number of fused-ring (bicyclic) bond motifs is 2. The van der Waals surface area contributed by atoms with Gasteiger partial charge in [0.25, 0.3) is 5.91 Å². The van der Waals surface area contributed by atoms with Crippen molar-refractivity contribution in [3.63, 3.8) is 0 Å². The lowest BCUT2D eigenvalue weighted by molar-refractivity contribution is 0.102. The minimum absolute atomic E-state index is 0.161.